The van der Waals surface area contributed by atoms with Crippen molar-refractivity contribution in [2.75, 3.05) is 26.3 Å². The lowest BCUT2D eigenvalue weighted by Crippen LogP contribution is -2.43. The highest BCUT2D eigenvalue weighted by molar-refractivity contribution is 6.61. The van der Waals surface area contributed by atoms with Crippen LogP contribution in [0.25, 0.3) is 0 Å². The summed E-state index contributed by atoms with van der Waals surface area (Å²) in [6.45, 7) is 2.75. The monoisotopic (exact) mass is 235 g/mol. The molecule has 0 atom stereocenters. The molecule has 0 radical (unpaired) electrons. The van der Waals surface area contributed by atoms with E-state index in [0.29, 0.717) is 13.2 Å². The van der Waals surface area contributed by atoms with E-state index in [0.717, 1.165) is 18.6 Å². The van der Waals surface area contributed by atoms with Crippen LogP contribution in [-0.4, -0.2) is 44.5 Å². The van der Waals surface area contributed by atoms with Gasteiger partial charge in [-0.15, -0.1) is 0 Å². The molecule has 90 valence electrons. The molecular formula is C11H14BNO4. The van der Waals surface area contributed by atoms with Crippen LogP contribution < -0.4 is 10.8 Å². The molecule has 6 heteroatoms. The van der Waals surface area contributed by atoms with E-state index in [-0.39, 0.29) is 5.56 Å². The summed E-state index contributed by atoms with van der Waals surface area (Å²) >= 11 is 0. The van der Waals surface area contributed by atoms with Gasteiger partial charge in [-0.25, -0.2) is 4.79 Å². The van der Waals surface area contributed by atoms with Crippen LogP contribution in [0.2, 0.25) is 0 Å². The van der Waals surface area contributed by atoms with E-state index in [1.165, 1.54) is 0 Å². The van der Waals surface area contributed by atoms with E-state index in [2.05, 4.69) is 5.32 Å². The lowest BCUT2D eigenvalue weighted by molar-refractivity contribution is 0.0697. The Morgan fingerprint density at radius 2 is 1.76 bits per heavy atom. The molecule has 17 heavy (non-hydrogen) atoms. The number of carbonyl (C=O) groups is 1. The van der Waals surface area contributed by atoms with Crippen LogP contribution in [-0.2, 0) is 9.31 Å². The fraction of sp³-hybridized carbons (Fsp3) is 0.364. The first-order valence-corrected chi connectivity index (χ1v) is 5.54. The first-order valence-electron chi connectivity index (χ1n) is 5.54. The molecule has 1 aliphatic heterocycles. The normalized spacial score (nSPS) is 17.3. The number of benzene rings is 1. The van der Waals surface area contributed by atoms with E-state index >= 15 is 0 Å². The first kappa shape index (κ1) is 12.1. The van der Waals surface area contributed by atoms with Crippen LogP contribution in [0.5, 0.6) is 0 Å². The highest BCUT2D eigenvalue weighted by Gasteiger charge is 2.22. The zero-order valence-electron chi connectivity index (χ0n) is 9.39. The van der Waals surface area contributed by atoms with Gasteiger partial charge in [-0.3, -0.25) is 0 Å². The fourth-order valence-electron chi connectivity index (χ4n) is 1.62. The standard InChI is InChI=1S/C11H14BNO4/c14-11(15)9-1-3-10(4-2-9)12-16-7-5-13-6-8-17-12/h1-4,13H,5-8H2,(H,14,15). The second kappa shape index (κ2) is 5.81. The van der Waals surface area contributed by atoms with Gasteiger partial charge in [-0.2, -0.15) is 0 Å². The summed E-state index contributed by atoms with van der Waals surface area (Å²) in [5.74, 6) is -0.930. The van der Waals surface area contributed by atoms with Crippen molar-refractivity contribution in [1.82, 2.24) is 5.32 Å². The van der Waals surface area contributed by atoms with Crippen LogP contribution >= 0.6 is 0 Å². The van der Waals surface area contributed by atoms with Crippen LogP contribution in [0.1, 0.15) is 10.4 Å². The Bertz CT molecular complexity index is 374. The van der Waals surface area contributed by atoms with Gasteiger partial charge >= 0.3 is 13.1 Å². The summed E-state index contributed by atoms with van der Waals surface area (Å²) in [7, 11) is -0.403. The van der Waals surface area contributed by atoms with Gasteiger partial charge in [-0.05, 0) is 17.6 Å². The largest absolute Gasteiger partial charge is 0.493 e. The van der Waals surface area contributed by atoms with Crippen molar-refractivity contribution in [3.05, 3.63) is 29.8 Å². The molecule has 1 fully saturated rings. The van der Waals surface area contributed by atoms with Gasteiger partial charge in [0.2, 0.25) is 0 Å². The van der Waals surface area contributed by atoms with Crippen LogP contribution in [0.15, 0.2) is 24.3 Å². The number of carboxylic acids is 1. The molecule has 0 amide bonds. The molecule has 1 aromatic rings. The molecule has 0 unspecified atom stereocenters. The molecule has 1 aromatic carbocycles. The molecule has 5 nitrogen and oxygen atoms in total. The third-order valence-corrected chi connectivity index (χ3v) is 2.53. The summed E-state index contributed by atoms with van der Waals surface area (Å²) in [5.41, 5.74) is 1.11. The first-order chi connectivity index (χ1) is 8.27. The van der Waals surface area contributed by atoms with E-state index in [4.69, 9.17) is 14.4 Å². The number of hydrogen-bond acceptors (Lipinski definition) is 4. The highest BCUT2D eigenvalue weighted by Crippen LogP contribution is 2.00. The second-order valence-electron chi connectivity index (χ2n) is 3.75. The zero-order chi connectivity index (χ0) is 12.1. The Morgan fingerprint density at radius 3 is 2.29 bits per heavy atom. The highest BCUT2D eigenvalue weighted by atomic mass is 16.6. The van der Waals surface area contributed by atoms with Crippen molar-refractivity contribution in [2.24, 2.45) is 0 Å². The van der Waals surface area contributed by atoms with Crippen molar-refractivity contribution in [2.45, 2.75) is 0 Å². The van der Waals surface area contributed by atoms with E-state index in [1.54, 1.807) is 24.3 Å². The van der Waals surface area contributed by atoms with Gasteiger partial charge < -0.3 is 19.7 Å². The van der Waals surface area contributed by atoms with E-state index in [1.807, 2.05) is 0 Å². The van der Waals surface area contributed by atoms with Gasteiger partial charge in [0.05, 0.1) is 5.56 Å². The summed E-state index contributed by atoms with van der Waals surface area (Å²) in [6.07, 6.45) is 0. The quantitative estimate of drug-likeness (QED) is 0.690. The summed E-state index contributed by atoms with van der Waals surface area (Å²) in [6, 6.07) is 6.56. The van der Waals surface area contributed by atoms with Gasteiger partial charge in [-0.1, -0.05) is 12.1 Å². The Labute approximate surface area is 99.9 Å². The molecule has 2 rings (SSSR count). The average molecular weight is 235 g/mol. The number of carboxylic acid groups (broad SMARTS) is 1. The molecule has 0 spiro atoms. The summed E-state index contributed by atoms with van der Waals surface area (Å²) in [5, 5.41) is 12.0. The maximum atomic E-state index is 10.7. The molecule has 1 saturated heterocycles. The molecule has 2 N–H and O–H groups in total. The lowest BCUT2D eigenvalue weighted by Gasteiger charge is -2.18. The van der Waals surface area contributed by atoms with Crippen LogP contribution in [0.3, 0.4) is 0 Å². The van der Waals surface area contributed by atoms with Crippen molar-refractivity contribution >= 4 is 18.6 Å². The van der Waals surface area contributed by atoms with Crippen LogP contribution in [0.4, 0.5) is 0 Å². The predicted octanol–water partition coefficient (Wildman–Crippen LogP) is -0.284. The molecule has 0 aromatic heterocycles. The molecule has 1 heterocycles. The van der Waals surface area contributed by atoms with Crippen molar-refractivity contribution in [1.29, 1.82) is 0 Å². The zero-order valence-corrected chi connectivity index (χ0v) is 9.39. The third kappa shape index (κ3) is 3.29. The Morgan fingerprint density at radius 1 is 1.18 bits per heavy atom. The molecule has 0 aliphatic carbocycles. The maximum Gasteiger partial charge on any atom is 0.493 e. The summed E-state index contributed by atoms with van der Waals surface area (Å²) < 4.78 is 11.1. The Kier molecular flexibility index (Phi) is 4.14. The van der Waals surface area contributed by atoms with Crippen molar-refractivity contribution < 1.29 is 19.2 Å². The molecular weight excluding hydrogens is 221 g/mol. The predicted molar refractivity (Wildman–Crippen MR) is 63.6 cm³/mol. The van der Waals surface area contributed by atoms with Gasteiger partial charge in [0, 0.05) is 26.3 Å². The number of rotatable bonds is 2. The minimum atomic E-state index is -0.930. The second-order valence-corrected chi connectivity index (χ2v) is 3.75. The maximum absolute atomic E-state index is 10.7. The lowest BCUT2D eigenvalue weighted by atomic mass is 9.78. The van der Waals surface area contributed by atoms with Crippen LogP contribution in [0, 0.1) is 0 Å². The molecule has 1 aliphatic rings. The topological polar surface area (TPSA) is 67.8 Å². The molecule has 0 saturated carbocycles. The third-order valence-electron chi connectivity index (χ3n) is 2.53. The van der Waals surface area contributed by atoms with E-state index in [9.17, 15) is 4.79 Å². The number of aromatic carboxylic acids is 1. The average Bonchev–Trinajstić information content (AvgIpc) is 2.29. The van der Waals surface area contributed by atoms with Gasteiger partial charge in [0.15, 0.2) is 0 Å². The Hall–Kier alpha value is -1.37. The number of hydrogen-bond donors (Lipinski definition) is 2. The number of nitrogens with one attached hydrogen (secondary N) is 1. The Balaban J connectivity index is 2.06. The van der Waals surface area contributed by atoms with Gasteiger partial charge in [0.25, 0.3) is 0 Å². The van der Waals surface area contributed by atoms with Gasteiger partial charge in [0.1, 0.15) is 0 Å². The summed E-state index contributed by atoms with van der Waals surface area (Å²) in [4.78, 5) is 10.7. The molecule has 0 bridgehead atoms. The fourth-order valence-corrected chi connectivity index (χ4v) is 1.62. The SMILES string of the molecule is O=C(O)c1ccc(B2OCCNCCO2)cc1. The minimum Gasteiger partial charge on any atom is -0.478 e. The minimum absolute atomic E-state index is 0.265. The van der Waals surface area contributed by atoms with Crippen molar-refractivity contribution in [3.8, 4) is 0 Å². The van der Waals surface area contributed by atoms with Crippen molar-refractivity contribution in [3.63, 3.8) is 0 Å². The smallest absolute Gasteiger partial charge is 0.478 e. The van der Waals surface area contributed by atoms with E-state index < -0.39 is 13.1 Å².